The summed E-state index contributed by atoms with van der Waals surface area (Å²) < 4.78 is 10.9. The Morgan fingerprint density at radius 3 is 3.10 bits per heavy atom. The Bertz CT molecular complexity index is 423. The number of nitrogens with one attached hydrogen (secondary N) is 2. The van der Waals surface area contributed by atoms with E-state index in [1.807, 2.05) is 31.2 Å². The van der Waals surface area contributed by atoms with Crippen molar-refractivity contribution in [1.29, 1.82) is 0 Å². The molecule has 1 heterocycles. The number of carbonyl (C=O) groups excluding carboxylic acids is 1. The van der Waals surface area contributed by atoms with Crippen LogP contribution in [0.1, 0.15) is 13.3 Å². The molecule has 0 radical (unpaired) electrons. The molecular weight excluding hydrogens is 280 g/mol. The summed E-state index contributed by atoms with van der Waals surface area (Å²) in [4.78, 5) is 11.9. The maximum absolute atomic E-state index is 11.9. The first-order valence-electron chi connectivity index (χ1n) is 6.63. The van der Waals surface area contributed by atoms with Crippen LogP contribution in [0.25, 0.3) is 0 Å². The van der Waals surface area contributed by atoms with Gasteiger partial charge >= 0.3 is 0 Å². The molecule has 1 aromatic carbocycles. The van der Waals surface area contributed by atoms with Gasteiger partial charge in [0.05, 0.1) is 25.7 Å². The second kappa shape index (κ2) is 8.79. The lowest BCUT2D eigenvalue weighted by Gasteiger charge is -2.23. The van der Waals surface area contributed by atoms with Gasteiger partial charge in [-0.3, -0.25) is 4.79 Å². The van der Waals surface area contributed by atoms with Gasteiger partial charge in [0.1, 0.15) is 5.75 Å². The van der Waals surface area contributed by atoms with E-state index in [1.165, 1.54) is 0 Å². The van der Waals surface area contributed by atoms with Gasteiger partial charge in [0, 0.05) is 24.8 Å². The normalized spacial score (nSPS) is 17.9. The molecule has 0 aliphatic carbocycles. The van der Waals surface area contributed by atoms with Crippen LogP contribution in [0.15, 0.2) is 24.3 Å². The zero-order chi connectivity index (χ0) is 13.5. The van der Waals surface area contributed by atoms with Crippen molar-refractivity contribution in [3.05, 3.63) is 24.3 Å². The Hall–Kier alpha value is -1.30. The third-order valence-corrected chi connectivity index (χ3v) is 2.85. The van der Waals surface area contributed by atoms with Gasteiger partial charge in [0.15, 0.2) is 0 Å². The fraction of sp³-hybridized carbons (Fsp3) is 0.500. The van der Waals surface area contributed by atoms with Gasteiger partial charge in [-0.1, -0.05) is 6.07 Å². The zero-order valence-corrected chi connectivity index (χ0v) is 12.4. The number of ether oxygens (including phenoxy) is 2. The van der Waals surface area contributed by atoms with E-state index in [0.29, 0.717) is 19.6 Å². The van der Waals surface area contributed by atoms with Crippen LogP contribution in [0, 0.1) is 0 Å². The molecule has 6 heteroatoms. The standard InChI is InChI=1S/C14H20N2O3.ClH/c1-2-18-12-5-3-4-11(8-12)16-14(17)9-13-10-15-6-7-19-13;/h3-5,8,13,15H,2,6-7,9-10H2,1H3,(H,16,17);1H. The van der Waals surface area contributed by atoms with Crippen molar-refractivity contribution >= 4 is 24.0 Å². The number of hydrogen-bond acceptors (Lipinski definition) is 4. The topological polar surface area (TPSA) is 59.6 Å². The minimum atomic E-state index is -0.0395. The van der Waals surface area contributed by atoms with Gasteiger partial charge < -0.3 is 20.1 Å². The molecule has 2 rings (SSSR count). The Morgan fingerprint density at radius 2 is 2.40 bits per heavy atom. The van der Waals surface area contributed by atoms with Crippen molar-refractivity contribution in [1.82, 2.24) is 5.32 Å². The van der Waals surface area contributed by atoms with Gasteiger partial charge in [0.2, 0.25) is 5.91 Å². The lowest BCUT2D eigenvalue weighted by atomic mass is 10.2. The monoisotopic (exact) mass is 300 g/mol. The highest BCUT2D eigenvalue weighted by molar-refractivity contribution is 5.91. The fourth-order valence-electron chi connectivity index (χ4n) is 2.00. The van der Waals surface area contributed by atoms with Crippen molar-refractivity contribution < 1.29 is 14.3 Å². The van der Waals surface area contributed by atoms with E-state index in [4.69, 9.17) is 9.47 Å². The van der Waals surface area contributed by atoms with Crippen molar-refractivity contribution in [3.63, 3.8) is 0 Å². The molecule has 0 bridgehead atoms. The first-order chi connectivity index (χ1) is 9.28. The number of carbonyl (C=O) groups is 1. The number of rotatable bonds is 5. The number of hydrogen-bond donors (Lipinski definition) is 2. The minimum absolute atomic E-state index is 0. The Labute approximate surface area is 125 Å². The SMILES string of the molecule is CCOc1cccc(NC(=O)CC2CNCCO2)c1.Cl. The molecule has 2 N–H and O–H groups in total. The molecule has 1 saturated heterocycles. The van der Waals surface area contributed by atoms with E-state index in [2.05, 4.69) is 10.6 Å². The van der Waals surface area contributed by atoms with Crippen molar-refractivity contribution in [2.45, 2.75) is 19.4 Å². The van der Waals surface area contributed by atoms with Crippen molar-refractivity contribution in [2.24, 2.45) is 0 Å². The van der Waals surface area contributed by atoms with E-state index < -0.39 is 0 Å². The van der Waals surface area contributed by atoms with Crippen LogP contribution in [0.2, 0.25) is 0 Å². The molecule has 112 valence electrons. The van der Waals surface area contributed by atoms with Gasteiger partial charge in [-0.25, -0.2) is 0 Å². The first-order valence-corrected chi connectivity index (χ1v) is 6.63. The van der Waals surface area contributed by atoms with Gasteiger partial charge in [-0.15, -0.1) is 12.4 Å². The molecule has 5 nitrogen and oxygen atoms in total. The van der Waals surface area contributed by atoms with Crippen LogP contribution >= 0.6 is 12.4 Å². The average molecular weight is 301 g/mol. The maximum Gasteiger partial charge on any atom is 0.227 e. The van der Waals surface area contributed by atoms with Crippen LogP contribution in [0.4, 0.5) is 5.69 Å². The summed E-state index contributed by atoms with van der Waals surface area (Å²) in [6.07, 6.45) is 0.329. The largest absolute Gasteiger partial charge is 0.494 e. The summed E-state index contributed by atoms with van der Waals surface area (Å²) in [5, 5.41) is 6.07. The maximum atomic E-state index is 11.9. The predicted molar refractivity (Wildman–Crippen MR) is 80.7 cm³/mol. The predicted octanol–water partition coefficient (Wildman–Crippen LogP) is 1.82. The van der Waals surface area contributed by atoms with Crippen molar-refractivity contribution in [2.75, 3.05) is 31.6 Å². The lowest BCUT2D eigenvalue weighted by Crippen LogP contribution is -2.40. The second-order valence-corrected chi connectivity index (χ2v) is 4.41. The third-order valence-electron chi connectivity index (χ3n) is 2.85. The van der Waals surface area contributed by atoms with E-state index in [1.54, 1.807) is 0 Å². The van der Waals surface area contributed by atoms with Crippen molar-refractivity contribution in [3.8, 4) is 5.75 Å². The van der Waals surface area contributed by atoms with E-state index in [-0.39, 0.29) is 24.4 Å². The molecule has 1 amide bonds. The molecule has 1 aliphatic heterocycles. The van der Waals surface area contributed by atoms with Crippen LogP contribution < -0.4 is 15.4 Å². The fourth-order valence-corrected chi connectivity index (χ4v) is 2.00. The van der Waals surface area contributed by atoms with E-state index in [0.717, 1.165) is 24.5 Å². The highest BCUT2D eigenvalue weighted by Crippen LogP contribution is 2.17. The lowest BCUT2D eigenvalue weighted by molar-refractivity contribution is -0.119. The molecule has 0 aromatic heterocycles. The molecule has 1 atom stereocenters. The summed E-state index contributed by atoms with van der Waals surface area (Å²) in [7, 11) is 0. The smallest absolute Gasteiger partial charge is 0.227 e. The minimum Gasteiger partial charge on any atom is -0.494 e. The zero-order valence-electron chi connectivity index (χ0n) is 11.6. The number of anilines is 1. The summed E-state index contributed by atoms with van der Waals surface area (Å²) in [5.74, 6) is 0.721. The highest BCUT2D eigenvalue weighted by Gasteiger charge is 2.17. The second-order valence-electron chi connectivity index (χ2n) is 4.41. The third kappa shape index (κ3) is 5.36. The van der Waals surface area contributed by atoms with Gasteiger partial charge in [-0.2, -0.15) is 0 Å². The molecule has 1 unspecified atom stereocenters. The first kappa shape index (κ1) is 16.8. The summed E-state index contributed by atoms with van der Waals surface area (Å²) in [5.41, 5.74) is 0.750. The van der Waals surface area contributed by atoms with E-state index in [9.17, 15) is 4.79 Å². The van der Waals surface area contributed by atoms with Gasteiger partial charge in [-0.05, 0) is 19.1 Å². The van der Waals surface area contributed by atoms with Crippen LogP contribution in [0.5, 0.6) is 5.75 Å². The molecule has 1 aliphatic rings. The van der Waals surface area contributed by atoms with E-state index >= 15 is 0 Å². The Kier molecular flexibility index (Phi) is 7.36. The number of benzene rings is 1. The van der Waals surface area contributed by atoms with Crippen LogP contribution in [-0.2, 0) is 9.53 Å². The van der Waals surface area contributed by atoms with Gasteiger partial charge in [0.25, 0.3) is 0 Å². The molecule has 1 aromatic rings. The Morgan fingerprint density at radius 1 is 1.55 bits per heavy atom. The molecule has 0 saturated carbocycles. The number of morpholine rings is 1. The molecule has 1 fully saturated rings. The number of amides is 1. The summed E-state index contributed by atoms with van der Waals surface area (Å²) >= 11 is 0. The molecule has 20 heavy (non-hydrogen) atoms. The van der Waals surface area contributed by atoms with Crippen LogP contribution in [0.3, 0.4) is 0 Å². The average Bonchev–Trinajstić information content (AvgIpc) is 2.40. The summed E-state index contributed by atoms with van der Waals surface area (Å²) in [6, 6.07) is 7.40. The highest BCUT2D eigenvalue weighted by atomic mass is 35.5. The number of halogens is 1. The quantitative estimate of drug-likeness (QED) is 0.871. The molecule has 0 spiro atoms. The molecular formula is C14H21ClN2O3. The van der Waals surface area contributed by atoms with Crippen LogP contribution in [-0.4, -0.2) is 38.3 Å². The Balaban J connectivity index is 0.00000200. The summed E-state index contributed by atoms with van der Waals surface area (Å²) in [6.45, 7) is 4.79.